The Kier molecular flexibility index (Phi) is 2.60. The van der Waals surface area contributed by atoms with Gasteiger partial charge in [-0.15, -0.1) is 0 Å². The summed E-state index contributed by atoms with van der Waals surface area (Å²) < 4.78 is 5.68. The van der Waals surface area contributed by atoms with Crippen LogP contribution < -0.4 is 0 Å². The molecule has 4 aliphatic rings. The van der Waals surface area contributed by atoms with Gasteiger partial charge in [0, 0.05) is 35.3 Å². The van der Waals surface area contributed by atoms with Crippen LogP contribution >= 0.6 is 0 Å². The lowest BCUT2D eigenvalue weighted by Crippen LogP contribution is -2.52. The zero-order valence-corrected chi connectivity index (χ0v) is 13.3. The van der Waals surface area contributed by atoms with Crippen LogP contribution in [-0.4, -0.2) is 40.6 Å². The summed E-state index contributed by atoms with van der Waals surface area (Å²) in [6.45, 7) is 2.20. The second-order valence-electron chi connectivity index (χ2n) is 7.45. The van der Waals surface area contributed by atoms with Crippen molar-refractivity contribution in [3.63, 3.8) is 0 Å². The predicted molar refractivity (Wildman–Crippen MR) is 83.9 cm³/mol. The highest BCUT2D eigenvalue weighted by Gasteiger charge is 2.58. The highest BCUT2D eigenvalue weighted by Crippen LogP contribution is 2.55. The summed E-state index contributed by atoms with van der Waals surface area (Å²) in [5.41, 5.74) is 2.70. The highest BCUT2D eigenvalue weighted by atomic mass is 16.5. The van der Waals surface area contributed by atoms with Crippen LogP contribution in [0.3, 0.4) is 0 Å². The maximum Gasteiger partial charge on any atom is 0.228 e. The molecule has 3 aliphatic carbocycles. The highest BCUT2D eigenvalue weighted by molar-refractivity contribution is 6.15. The fourth-order valence-corrected chi connectivity index (χ4v) is 5.10. The summed E-state index contributed by atoms with van der Waals surface area (Å²) in [5, 5.41) is 21.1. The first kappa shape index (κ1) is 14.4. The number of Topliss-reactive ketones (excluding diaryl/α,β-unsaturated/α-hetero) is 2. The van der Waals surface area contributed by atoms with Crippen LogP contribution in [0.15, 0.2) is 23.5 Å². The standard InChI is InChI=1S/C19H18O5/c1-19-11-4-2-8-9(3-5-12(8)20)15(11)17(23)18-16(19)10(7-24-18)13(21)6-14(19)22/h2,4,10,13-14,21-22H,3,5-7H2,1H3. The molecule has 5 nitrogen and oxygen atoms in total. The lowest BCUT2D eigenvalue weighted by molar-refractivity contribution is -0.0128. The molecular formula is C19H18O5. The summed E-state index contributed by atoms with van der Waals surface area (Å²) in [6.07, 6.45) is -0.259. The molecule has 0 amide bonds. The molecule has 1 fully saturated rings. The van der Waals surface area contributed by atoms with Gasteiger partial charge in [0.05, 0.1) is 18.8 Å². The van der Waals surface area contributed by atoms with Gasteiger partial charge in [0.1, 0.15) is 0 Å². The van der Waals surface area contributed by atoms with E-state index in [4.69, 9.17) is 4.74 Å². The molecule has 0 saturated heterocycles. The van der Waals surface area contributed by atoms with Gasteiger partial charge in [-0.2, -0.15) is 0 Å². The zero-order valence-electron chi connectivity index (χ0n) is 13.3. The number of ether oxygens (including phenoxy) is 1. The van der Waals surface area contributed by atoms with Crippen molar-refractivity contribution in [1.29, 1.82) is 0 Å². The molecule has 4 unspecified atom stereocenters. The van der Waals surface area contributed by atoms with Crippen LogP contribution in [0.2, 0.25) is 0 Å². The molecule has 2 N–H and O–H groups in total. The Bertz CT molecular complexity index is 852. The molecule has 5 heteroatoms. The number of fused-ring (bicyclic) bond motifs is 4. The summed E-state index contributed by atoms with van der Waals surface area (Å²) in [7, 11) is 0. The Balaban J connectivity index is 1.83. The third-order valence-corrected chi connectivity index (χ3v) is 6.39. The smallest absolute Gasteiger partial charge is 0.228 e. The van der Waals surface area contributed by atoms with Gasteiger partial charge < -0.3 is 14.9 Å². The maximum absolute atomic E-state index is 13.1. The fourth-order valence-electron chi connectivity index (χ4n) is 5.10. The van der Waals surface area contributed by atoms with Crippen LogP contribution in [-0.2, 0) is 16.6 Å². The molecule has 1 aromatic rings. The van der Waals surface area contributed by atoms with Crippen molar-refractivity contribution in [2.75, 3.05) is 6.61 Å². The summed E-state index contributed by atoms with van der Waals surface area (Å²) >= 11 is 0. The van der Waals surface area contributed by atoms with Gasteiger partial charge >= 0.3 is 0 Å². The molecule has 5 rings (SSSR count). The number of aliphatic hydroxyl groups excluding tert-OH is 2. The number of hydrogen-bond donors (Lipinski definition) is 2. The third kappa shape index (κ3) is 1.44. The Morgan fingerprint density at radius 1 is 1.21 bits per heavy atom. The van der Waals surface area contributed by atoms with Crippen LogP contribution in [0.1, 0.15) is 51.6 Å². The average molecular weight is 326 g/mol. The molecule has 24 heavy (non-hydrogen) atoms. The van der Waals surface area contributed by atoms with E-state index in [0.717, 1.165) is 16.7 Å². The van der Waals surface area contributed by atoms with E-state index in [1.54, 1.807) is 6.07 Å². The van der Waals surface area contributed by atoms with Gasteiger partial charge in [-0.1, -0.05) is 12.1 Å². The lowest BCUT2D eigenvalue weighted by atomic mass is 9.57. The zero-order chi connectivity index (χ0) is 16.8. The minimum Gasteiger partial charge on any atom is -0.489 e. The van der Waals surface area contributed by atoms with Crippen molar-refractivity contribution in [1.82, 2.24) is 0 Å². The molecule has 1 saturated carbocycles. The van der Waals surface area contributed by atoms with Crippen molar-refractivity contribution < 1.29 is 24.5 Å². The number of allylic oxidation sites excluding steroid dienone is 1. The number of hydrogen-bond acceptors (Lipinski definition) is 5. The van der Waals surface area contributed by atoms with E-state index >= 15 is 0 Å². The Morgan fingerprint density at radius 3 is 2.79 bits per heavy atom. The molecular weight excluding hydrogens is 308 g/mol. The normalized spacial score (nSPS) is 36.4. The Hall–Kier alpha value is -1.98. The van der Waals surface area contributed by atoms with E-state index in [0.29, 0.717) is 24.0 Å². The molecule has 0 spiro atoms. The van der Waals surface area contributed by atoms with Crippen LogP contribution in [0.5, 0.6) is 0 Å². The van der Waals surface area contributed by atoms with Gasteiger partial charge in [0.25, 0.3) is 0 Å². The second-order valence-corrected chi connectivity index (χ2v) is 7.45. The fraction of sp³-hybridized carbons (Fsp3) is 0.474. The molecule has 124 valence electrons. The molecule has 1 heterocycles. The van der Waals surface area contributed by atoms with Gasteiger partial charge in [0.15, 0.2) is 11.5 Å². The molecule has 4 atom stereocenters. The molecule has 1 aliphatic heterocycles. The van der Waals surface area contributed by atoms with E-state index in [9.17, 15) is 19.8 Å². The van der Waals surface area contributed by atoms with Crippen molar-refractivity contribution in [2.45, 2.75) is 43.8 Å². The van der Waals surface area contributed by atoms with Crippen molar-refractivity contribution >= 4 is 11.6 Å². The van der Waals surface area contributed by atoms with E-state index in [2.05, 4.69) is 0 Å². The van der Waals surface area contributed by atoms with Crippen LogP contribution in [0, 0.1) is 5.92 Å². The number of benzene rings is 1. The first-order chi connectivity index (χ1) is 11.4. The summed E-state index contributed by atoms with van der Waals surface area (Å²) in [4.78, 5) is 25.1. The quantitative estimate of drug-likeness (QED) is 0.751. The largest absolute Gasteiger partial charge is 0.489 e. The lowest BCUT2D eigenvalue weighted by Gasteiger charge is -2.47. The van der Waals surface area contributed by atoms with Crippen molar-refractivity contribution in [3.05, 3.63) is 45.7 Å². The maximum atomic E-state index is 13.1. The second kappa shape index (κ2) is 4.35. The van der Waals surface area contributed by atoms with Gasteiger partial charge in [0.2, 0.25) is 5.78 Å². The average Bonchev–Trinajstić information content (AvgIpc) is 3.16. The predicted octanol–water partition coefficient (Wildman–Crippen LogP) is 1.30. The first-order valence-electron chi connectivity index (χ1n) is 8.42. The number of aliphatic hydroxyl groups is 2. The van der Waals surface area contributed by atoms with E-state index in [1.165, 1.54) is 0 Å². The molecule has 0 radical (unpaired) electrons. The Labute approximate surface area is 138 Å². The molecule has 1 aromatic carbocycles. The number of carbonyl (C=O) groups excluding carboxylic acids is 2. The minimum atomic E-state index is -0.794. The topological polar surface area (TPSA) is 83.8 Å². The van der Waals surface area contributed by atoms with E-state index in [-0.39, 0.29) is 36.3 Å². The monoisotopic (exact) mass is 326 g/mol. The van der Waals surface area contributed by atoms with E-state index < -0.39 is 17.6 Å². The molecule has 0 bridgehead atoms. The minimum absolute atomic E-state index is 0.0651. The van der Waals surface area contributed by atoms with Crippen LogP contribution in [0.25, 0.3) is 0 Å². The third-order valence-electron chi connectivity index (χ3n) is 6.39. The number of rotatable bonds is 0. The SMILES string of the molecule is CC12C3=C(OCC3C(O)CC1O)C(=O)c1c2ccc2c1CCC2=O. The summed E-state index contributed by atoms with van der Waals surface area (Å²) in [6, 6.07) is 3.60. The number of carbonyl (C=O) groups is 2. The Morgan fingerprint density at radius 2 is 2.00 bits per heavy atom. The summed E-state index contributed by atoms with van der Waals surface area (Å²) in [5.74, 6) is -0.107. The molecule has 0 aromatic heterocycles. The number of ketones is 2. The van der Waals surface area contributed by atoms with Crippen molar-refractivity contribution in [2.24, 2.45) is 5.92 Å². The van der Waals surface area contributed by atoms with Gasteiger partial charge in [-0.05, 0) is 30.0 Å². The van der Waals surface area contributed by atoms with Gasteiger partial charge in [-0.3, -0.25) is 9.59 Å². The first-order valence-corrected chi connectivity index (χ1v) is 8.42. The van der Waals surface area contributed by atoms with Crippen LogP contribution in [0.4, 0.5) is 0 Å². The van der Waals surface area contributed by atoms with E-state index in [1.807, 2.05) is 13.0 Å². The van der Waals surface area contributed by atoms with Gasteiger partial charge in [-0.25, -0.2) is 0 Å². The van der Waals surface area contributed by atoms with Crippen molar-refractivity contribution in [3.8, 4) is 0 Å².